The summed E-state index contributed by atoms with van der Waals surface area (Å²) in [4.78, 5) is 29.1. The summed E-state index contributed by atoms with van der Waals surface area (Å²) in [6.45, 7) is 4.52. The molecular weight excluding hydrogens is 406 g/mol. The van der Waals surface area contributed by atoms with Gasteiger partial charge in [-0.15, -0.1) is 0 Å². The number of amides is 2. The molecule has 2 aromatic carbocycles. The average molecular weight is 431 g/mol. The highest BCUT2D eigenvalue weighted by Crippen LogP contribution is 2.22. The molecule has 0 aliphatic heterocycles. The Balaban J connectivity index is 1.32. The van der Waals surface area contributed by atoms with Gasteiger partial charge < -0.3 is 15.7 Å². The van der Waals surface area contributed by atoms with Crippen molar-refractivity contribution in [1.29, 1.82) is 0 Å². The Labute approximate surface area is 185 Å². The largest absolute Gasteiger partial charge is 0.507 e. The topological polar surface area (TPSA) is 109 Å². The number of hydrogen-bond donors (Lipinski definition) is 3. The Morgan fingerprint density at radius 2 is 1.72 bits per heavy atom. The van der Waals surface area contributed by atoms with Crippen molar-refractivity contribution in [3.63, 3.8) is 0 Å². The molecule has 0 atom stereocenters. The minimum absolute atomic E-state index is 0.0737. The molecule has 0 saturated heterocycles. The molecule has 4 rings (SSSR count). The second kappa shape index (κ2) is 9.05. The van der Waals surface area contributed by atoms with Crippen LogP contribution in [-0.2, 0) is 11.2 Å². The second-order valence-electron chi connectivity index (χ2n) is 7.64. The number of rotatable bonds is 7. The number of hydrogen-bond acceptors (Lipinski definition) is 5. The van der Waals surface area contributed by atoms with Crippen LogP contribution in [0.1, 0.15) is 33.7 Å². The number of carbonyl (C=O) groups excluding carboxylic acids is 2. The maximum Gasteiger partial charge on any atom is 0.255 e. The molecule has 8 heteroatoms. The van der Waals surface area contributed by atoms with Crippen LogP contribution in [-0.4, -0.2) is 44.6 Å². The fraction of sp³-hybridized carbons (Fsp3) is 0.250. The van der Waals surface area contributed by atoms with Crippen molar-refractivity contribution in [2.75, 3.05) is 13.1 Å². The van der Waals surface area contributed by atoms with Gasteiger partial charge in [-0.2, -0.15) is 5.10 Å². The molecule has 2 aromatic heterocycles. The van der Waals surface area contributed by atoms with Crippen LogP contribution >= 0.6 is 0 Å². The van der Waals surface area contributed by atoms with E-state index in [-0.39, 0.29) is 29.7 Å². The monoisotopic (exact) mass is 431 g/mol. The predicted molar refractivity (Wildman–Crippen MR) is 122 cm³/mol. The van der Waals surface area contributed by atoms with Crippen molar-refractivity contribution in [1.82, 2.24) is 25.2 Å². The number of phenols is 1. The number of aryl methyl sites for hydroxylation is 2. The van der Waals surface area contributed by atoms with E-state index in [4.69, 9.17) is 4.98 Å². The van der Waals surface area contributed by atoms with Crippen molar-refractivity contribution < 1.29 is 14.7 Å². The van der Waals surface area contributed by atoms with Gasteiger partial charge in [0, 0.05) is 36.3 Å². The molecule has 3 N–H and O–H groups in total. The molecule has 0 fully saturated rings. The van der Waals surface area contributed by atoms with Crippen LogP contribution in [0.2, 0.25) is 0 Å². The maximum atomic E-state index is 12.3. The zero-order chi connectivity index (χ0) is 22.7. The van der Waals surface area contributed by atoms with Gasteiger partial charge in [0.25, 0.3) is 5.91 Å². The molecule has 0 spiro atoms. The minimum Gasteiger partial charge on any atom is -0.507 e. The van der Waals surface area contributed by atoms with Crippen LogP contribution in [0, 0.1) is 13.8 Å². The van der Waals surface area contributed by atoms with Crippen molar-refractivity contribution >= 4 is 28.4 Å². The van der Waals surface area contributed by atoms with E-state index in [1.807, 2.05) is 42.6 Å². The number of fused-ring (bicyclic) bond motifs is 3. The molecule has 0 unspecified atom stereocenters. The highest BCUT2D eigenvalue weighted by molar-refractivity contribution is 5.96. The number of benzene rings is 2. The molecule has 8 nitrogen and oxygen atoms in total. The van der Waals surface area contributed by atoms with Crippen molar-refractivity contribution in [2.24, 2.45) is 0 Å². The van der Waals surface area contributed by atoms with Gasteiger partial charge in [-0.25, -0.2) is 9.50 Å². The number of nitrogens with one attached hydrogen (secondary N) is 2. The molecule has 164 valence electrons. The molecule has 0 aliphatic carbocycles. The first-order chi connectivity index (χ1) is 15.5. The summed E-state index contributed by atoms with van der Waals surface area (Å²) in [6.07, 6.45) is 0.857. The Hall–Kier alpha value is -3.94. The standard InChI is InChI=1S/C24H25N5O3/c1-15-17(16(2)29-23(27-15)18-7-3-5-9-20(18)28-29)11-12-22(31)25-13-14-26-24(32)19-8-4-6-10-21(19)30/h3-10,30H,11-14H2,1-2H3,(H,25,31)(H,26,32). The number of aromatic hydroxyl groups is 1. The van der Waals surface area contributed by atoms with Gasteiger partial charge in [0.05, 0.1) is 11.1 Å². The van der Waals surface area contributed by atoms with E-state index < -0.39 is 0 Å². The van der Waals surface area contributed by atoms with Crippen LogP contribution in [0.25, 0.3) is 16.6 Å². The normalized spacial score (nSPS) is 11.1. The van der Waals surface area contributed by atoms with Gasteiger partial charge in [-0.3, -0.25) is 9.59 Å². The highest BCUT2D eigenvalue weighted by atomic mass is 16.3. The SMILES string of the molecule is Cc1nc2c3ccccc3nn2c(C)c1CCC(=O)NCCNC(=O)c1ccccc1O. The highest BCUT2D eigenvalue weighted by Gasteiger charge is 2.15. The summed E-state index contributed by atoms with van der Waals surface area (Å²) in [6, 6.07) is 14.2. The average Bonchev–Trinajstić information content (AvgIpc) is 3.15. The van der Waals surface area contributed by atoms with E-state index in [1.165, 1.54) is 6.07 Å². The smallest absolute Gasteiger partial charge is 0.255 e. The lowest BCUT2D eigenvalue weighted by Gasteiger charge is -2.11. The Kier molecular flexibility index (Phi) is 6.02. The molecule has 4 aromatic rings. The molecular formula is C24H25N5O3. The molecule has 0 radical (unpaired) electrons. The van der Waals surface area contributed by atoms with Gasteiger partial charge in [-0.1, -0.05) is 24.3 Å². The van der Waals surface area contributed by atoms with Crippen molar-refractivity contribution in [3.05, 3.63) is 71.0 Å². The van der Waals surface area contributed by atoms with Crippen LogP contribution < -0.4 is 10.6 Å². The van der Waals surface area contributed by atoms with Crippen LogP contribution in [0.3, 0.4) is 0 Å². The maximum absolute atomic E-state index is 12.3. The van der Waals surface area contributed by atoms with E-state index in [0.717, 1.165) is 33.5 Å². The zero-order valence-electron chi connectivity index (χ0n) is 18.1. The molecule has 0 saturated carbocycles. The van der Waals surface area contributed by atoms with E-state index in [0.29, 0.717) is 19.4 Å². The molecule has 0 bridgehead atoms. The van der Waals surface area contributed by atoms with E-state index in [9.17, 15) is 14.7 Å². The summed E-state index contributed by atoms with van der Waals surface area (Å²) in [5.41, 5.74) is 4.80. The van der Waals surface area contributed by atoms with Crippen LogP contribution in [0.5, 0.6) is 5.75 Å². The number of nitrogens with zero attached hydrogens (tertiary/aromatic N) is 3. The van der Waals surface area contributed by atoms with E-state index >= 15 is 0 Å². The fourth-order valence-corrected chi connectivity index (χ4v) is 3.80. The summed E-state index contributed by atoms with van der Waals surface area (Å²) >= 11 is 0. The number of phenolic OH excluding ortho intramolecular Hbond substituents is 1. The van der Waals surface area contributed by atoms with Crippen molar-refractivity contribution in [2.45, 2.75) is 26.7 Å². The quantitative estimate of drug-likeness (QED) is 0.390. The van der Waals surface area contributed by atoms with Gasteiger partial charge in [0.15, 0.2) is 5.65 Å². The third-order valence-corrected chi connectivity index (χ3v) is 5.50. The molecule has 2 amide bonds. The van der Waals surface area contributed by atoms with E-state index in [1.54, 1.807) is 18.2 Å². The van der Waals surface area contributed by atoms with Crippen molar-refractivity contribution in [3.8, 4) is 5.75 Å². The predicted octanol–water partition coefficient (Wildman–Crippen LogP) is 2.68. The van der Waals surface area contributed by atoms with Gasteiger partial charge in [0.1, 0.15) is 5.75 Å². The second-order valence-corrected chi connectivity index (χ2v) is 7.64. The van der Waals surface area contributed by atoms with Gasteiger partial charge in [-0.05, 0) is 50.1 Å². The third-order valence-electron chi connectivity index (χ3n) is 5.50. The lowest BCUT2D eigenvalue weighted by atomic mass is 10.1. The summed E-state index contributed by atoms with van der Waals surface area (Å²) in [5.74, 6) is -0.559. The molecule has 32 heavy (non-hydrogen) atoms. The zero-order valence-corrected chi connectivity index (χ0v) is 18.1. The third kappa shape index (κ3) is 4.25. The number of carbonyl (C=O) groups is 2. The Bertz CT molecular complexity index is 1310. The van der Waals surface area contributed by atoms with E-state index in [2.05, 4.69) is 15.7 Å². The lowest BCUT2D eigenvalue weighted by Crippen LogP contribution is -2.34. The summed E-state index contributed by atoms with van der Waals surface area (Å²) in [5, 5.41) is 20.9. The Morgan fingerprint density at radius 1 is 1.00 bits per heavy atom. The molecule has 2 heterocycles. The lowest BCUT2D eigenvalue weighted by molar-refractivity contribution is -0.121. The number of para-hydroxylation sites is 1. The Morgan fingerprint density at radius 3 is 2.53 bits per heavy atom. The number of aromatic nitrogens is 3. The minimum atomic E-state index is -0.380. The summed E-state index contributed by atoms with van der Waals surface area (Å²) in [7, 11) is 0. The molecule has 0 aliphatic rings. The first kappa shape index (κ1) is 21.3. The van der Waals surface area contributed by atoms with Crippen LogP contribution in [0.15, 0.2) is 48.5 Å². The summed E-state index contributed by atoms with van der Waals surface area (Å²) < 4.78 is 1.85. The van der Waals surface area contributed by atoms with Gasteiger partial charge in [0.2, 0.25) is 5.91 Å². The first-order valence-electron chi connectivity index (χ1n) is 10.5. The first-order valence-corrected chi connectivity index (χ1v) is 10.5. The van der Waals surface area contributed by atoms with Gasteiger partial charge >= 0.3 is 0 Å². The van der Waals surface area contributed by atoms with Crippen LogP contribution in [0.4, 0.5) is 0 Å². The fourth-order valence-electron chi connectivity index (χ4n) is 3.80.